The van der Waals surface area contributed by atoms with Crippen LogP contribution in [0.4, 0.5) is 11.6 Å². The first-order valence-corrected chi connectivity index (χ1v) is 8.85. The molecule has 0 saturated carbocycles. The standard InChI is InChI=1S/C18H18ClN5O2/c19-13-4-1-5-14(10-13)22-16(25)15-11-18(26-23-15)6-2-9-24(12-18)17-20-7-3-8-21-17/h1,3-5,7-8,10H,2,6,9,11-12H2,(H,22,25). The fraction of sp³-hybridized carbons (Fsp3) is 0.333. The SMILES string of the molecule is O=C(Nc1cccc(Cl)c1)C1=NOC2(CCCN(c3ncccn3)C2)C1. The van der Waals surface area contributed by atoms with Crippen molar-refractivity contribution in [2.45, 2.75) is 24.9 Å². The van der Waals surface area contributed by atoms with E-state index in [9.17, 15) is 4.79 Å². The van der Waals surface area contributed by atoms with Crippen LogP contribution >= 0.6 is 11.6 Å². The fourth-order valence-electron chi connectivity index (χ4n) is 3.35. The molecule has 3 heterocycles. The molecule has 7 nitrogen and oxygen atoms in total. The summed E-state index contributed by atoms with van der Waals surface area (Å²) >= 11 is 5.96. The molecule has 134 valence electrons. The van der Waals surface area contributed by atoms with Crippen molar-refractivity contribution in [2.24, 2.45) is 5.16 Å². The van der Waals surface area contributed by atoms with Crippen molar-refractivity contribution in [3.05, 3.63) is 47.7 Å². The van der Waals surface area contributed by atoms with Gasteiger partial charge < -0.3 is 15.1 Å². The van der Waals surface area contributed by atoms with Crippen molar-refractivity contribution in [1.82, 2.24) is 9.97 Å². The zero-order valence-corrected chi connectivity index (χ0v) is 14.8. The van der Waals surface area contributed by atoms with Crippen LogP contribution in [0.2, 0.25) is 5.02 Å². The maximum absolute atomic E-state index is 12.5. The molecule has 1 fully saturated rings. The molecule has 0 radical (unpaired) electrons. The van der Waals surface area contributed by atoms with Gasteiger partial charge in [-0.3, -0.25) is 4.79 Å². The Kier molecular flexibility index (Phi) is 4.46. The number of benzene rings is 1. The minimum Gasteiger partial charge on any atom is -0.386 e. The largest absolute Gasteiger partial charge is 0.386 e. The van der Waals surface area contributed by atoms with Gasteiger partial charge in [0.2, 0.25) is 5.95 Å². The average Bonchev–Trinajstić information content (AvgIpc) is 3.06. The van der Waals surface area contributed by atoms with Crippen molar-refractivity contribution >= 4 is 34.9 Å². The van der Waals surface area contributed by atoms with Gasteiger partial charge in [0.15, 0.2) is 5.60 Å². The lowest BCUT2D eigenvalue weighted by Crippen LogP contribution is -2.49. The molecular weight excluding hydrogens is 354 g/mol. The predicted octanol–water partition coefficient (Wildman–Crippen LogP) is 2.88. The third-order valence-corrected chi connectivity index (χ3v) is 4.79. The summed E-state index contributed by atoms with van der Waals surface area (Å²) in [7, 11) is 0. The molecule has 1 saturated heterocycles. The number of oxime groups is 1. The molecule has 1 aromatic carbocycles. The molecule has 2 aliphatic heterocycles. The molecular formula is C18H18ClN5O2. The predicted molar refractivity (Wildman–Crippen MR) is 99.4 cm³/mol. The number of hydrogen-bond acceptors (Lipinski definition) is 6. The highest BCUT2D eigenvalue weighted by Gasteiger charge is 2.45. The molecule has 2 aromatic rings. The van der Waals surface area contributed by atoms with Gasteiger partial charge in [0, 0.05) is 36.1 Å². The molecule has 1 N–H and O–H groups in total. The van der Waals surface area contributed by atoms with Gasteiger partial charge in [0.25, 0.3) is 5.91 Å². The summed E-state index contributed by atoms with van der Waals surface area (Å²) in [5.41, 5.74) is 0.522. The second kappa shape index (κ2) is 6.92. The summed E-state index contributed by atoms with van der Waals surface area (Å²) < 4.78 is 0. The third kappa shape index (κ3) is 3.48. The Hall–Kier alpha value is -2.67. The monoisotopic (exact) mass is 371 g/mol. The first-order valence-electron chi connectivity index (χ1n) is 8.48. The van der Waals surface area contributed by atoms with E-state index in [-0.39, 0.29) is 5.91 Å². The first-order chi connectivity index (χ1) is 12.6. The van der Waals surface area contributed by atoms with Crippen LogP contribution in [0.15, 0.2) is 47.9 Å². The third-order valence-electron chi connectivity index (χ3n) is 4.56. The van der Waals surface area contributed by atoms with Crippen LogP contribution < -0.4 is 10.2 Å². The van der Waals surface area contributed by atoms with Crippen LogP contribution in [0.25, 0.3) is 0 Å². The summed E-state index contributed by atoms with van der Waals surface area (Å²) in [6, 6.07) is 8.80. The molecule has 1 spiro atoms. The first kappa shape index (κ1) is 16.8. The number of piperidine rings is 1. The summed E-state index contributed by atoms with van der Waals surface area (Å²) in [6.45, 7) is 1.47. The Labute approximate surface area is 156 Å². The minimum absolute atomic E-state index is 0.266. The van der Waals surface area contributed by atoms with Crippen molar-refractivity contribution in [2.75, 3.05) is 23.3 Å². The molecule has 26 heavy (non-hydrogen) atoms. The summed E-state index contributed by atoms with van der Waals surface area (Å²) in [5, 5.41) is 7.45. The zero-order chi connectivity index (χ0) is 18.0. The van der Waals surface area contributed by atoms with Gasteiger partial charge in [0.05, 0.1) is 6.54 Å². The van der Waals surface area contributed by atoms with E-state index in [0.29, 0.717) is 35.3 Å². The second-order valence-corrected chi connectivity index (χ2v) is 6.96. The van der Waals surface area contributed by atoms with E-state index in [1.807, 2.05) is 0 Å². The smallest absolute Gasteiger partial charge is 0.273 e. The van der Waals surface area contributed by atoms with Gasteiger partial charge in [-0.05, 0) is 37.1 Å². The Morgan fingerprint density at radius 3 is 2.92 bits per heavy atom. The van der Waals surface area contributed by atoms with E-state index < -0.39 is 5.60 Å². The maximum atomic E-state index is 12.5. The van der Waals surface area contributed by atoms with Crippen molar-refractivity contribution in [3.63, 3.8) is 0 Å². The number of anilines is 2. The number of rotatable bonds is 3. The van der Waals surface area contributed by atoms with E-state index in [0.717, 1.165) is 19.4 Å². The number of amides is 1. The zero-order valence-electron chi connectivity index (χ0n) is 14.1. The summed E-state index contributed by atoms with van der Waals surface area (Å²) in [6.07, 6.45) is 5.67. The van der Waals surface area contributed by atoms with E-state index >= 15 is 0 Å². The fourth-order valence-corrected chi connectivity index (χ4v) is 3.55. The second-order valence-electron chi connectivity index (χ2n) is 6.53. The van der Waals surface area contributed by atoms with Crippen LogP contribution in [-0.4, -0.2) is 40.3 Å². The van der Waals surface area contributed by atoms with Gasteiger partial charge >= 0.3 is 0 Å². The number of nitrogens with zero attached hydrogens (tertiary/aromatic N) is 4. The lowest BCUT2D eigenvalue weighted by atomic mass is 9.88. The van der Waals surface area contributed by atoms with Gasteiger partial charge in [-0.2, -0.15) is 0 Å². The summed E-state index contributed by atoms with van der Waals surface area (Å²) in [5.74, 6) is 0.407. The molecule has 1 unspecified atom stereocenters. The number of hydrogen-bond donors (Lipinski definition) is 1. The Morgan fingerprint density at radius 1 is 1.27 bits per heavy atom. The van der Waals surface area contributed by atoms with E-state index in [2.05, 4.69) is 25.3 Å². The highest BCUT2D eigenvalue weighted by atomic mass is 35.5. The molecule has 1 amide bonds. The normalized spacial score (nSPS) is 22.0. The highest BCUT2D eigenvalue weighted by Crippen LogP contribution is 2.34. The number of nitrogens with one attached hydrogen (secondary N) is 1. The van der Waals surface area contributed by atoms with Crippen LogP contribution in [0.1, 0.15) is 19.3 Å². The molecule has 1 aromatic heterocycles. The maximum Gasteiger partial charge on any atom is 0.273 e. The topological polar surface area (TPSA) is 79.7 Å². The van der Waals surface area contributed by atoms with Crippen molar-refractivity contribution < 1.29 is 9.63 Å². The van der Waals surface area contributed by atoms with Gasteiger partial charge in [-0.25, -0.2) is 9.97 Å². The van der Waals surface area contributed by atoms with Gasteiger partial charge in [0.1, 0.15) is 5.71 Å². The van der Waals surface area contributed by atoms with Crippen molar-refractivity contribution in [3.8, 4) is 0 Å². The van der Waals surface area contributed by atoms with Gasteiger partial charge in [-0.15, -0.1) is 0 Å². The Balaban J connectivity index is 1.42. The van der Waals surface area contributed by atoms with E-state index in [4.69, 9.17) is 16.4 Å². The lowest BCUT2D eigenvalue weighted by Gasteiger charge is -2.38. The van der Waals surface area contributed by atoms with Crippen LogP contribution in [-0.2, 0) is 9.63 Å². The van der Waals surface area contributed by atoms with Crippen LogP contribution in [0.3, 0.4) is 0 Å². The van der Waals surface area contributed by atoms with Gasteiger partial charge in [-0.1, -0.05) is 22.8 Å². The van der Waals surface area contributed by atoms with Crippen LogP contribution in [0.5, 0.6) is 0 Å². The number of carbonyl (C=O) groups excluding carboxylic acids is 1. The van der Waals surface area contributed by atoms with Crippen molar-refractivity contribution in [1.29, 1.82) is 0 Å². The summed E-state index contributed by atoms with van der Waals surface area (Å²) in [4.78, 5) is 28.9. The average molecular weight is 372 g/mol. The molecule has 2 aliphatic rings. The van der Waals surface area contributed by atoms with Crippen LogP contribution in [0, 0.1) is 0 Å². The minimum atomic E-state index is -0.502. The number of aromatic nitrogens is 2. The molecule has 0 aliphatic carbocycles. The van der Waals surface area contributed by atoms with E-state index in [1.54, 1.807) is 42.7 Å². The molecule has 8 heteroatoms. The molecule has 4 rings (SSSR count). The lowest BCUT2D eigenvalue weighted by molar-refractivity contribution is -0.110. The molecule has 0 bridgehead atoms. The number of carbonyl (C=O) groups is 1. The number of halogens is 1. The quantitative estimate of drug-likeness (QED) is 0.897. The Bertz CT molecular complexity index is 844. The Morgan fingerprint density at radius 2 is 2.12 bits per heavy atom. The molecule has 1 atom stereocenters. The highest BCUT2D eigenvalue weighted by molar-refractivity contribution is 6.43. The van der Waals surface area contributed by atoms with E-state index in [1.165, 1.54) is 0 Å².